The van der Waals surface area contributed by atoms with Crippen molar-refractivity contribution < 1.29 is 0 Å². The van der Waals surface area contributed by atoms with Gasteiger partial charge < -0.3 is 4.98 Å². The Labute approximate surface area is 93.3 Å². The molecule has 0 saturated heterocycles. The summed E-state index contributed by atoms with van der Waals surface area (Å²) in [5.41, 5.74) is 2.93. The van der Waals surface area contributed by atoms with Gasteiger partial charge in [-0.15, -0.1) is 0 Å². The van der Waals surface area contributed by atoms with E-state index < -0.39 is 0 Å². The fraction of sp³-hybridized carbons (Fsp3) is 0.0833. The zero-order chi connectivity index (χ0) is 10.7. The minimum atomic E-state index is 0.364. The second-order valence-corrected chi connectivity index (χ2v) is 3.56. The maximum atomic E-state index is 5.63. The lowest BCUT2D eigenvalue weighted by Gasteiger charge is -1.90. The van der Waals surface area contributed by atoms with Crippen LogP contribution in [0.1, 0.15) is 16.8 Å². The Hall–Kier alpha value is -1.72. The van der Waals surface area contributed by atoms with Crippen molar-refractivity contribution in [3.8, 4) is 11.8 Å². The highest BCUT2D eigenvalue weighted by Crippen LogP contribution is 2.03. The first-order valence-corrected chi connectivity index (χ1v) is 4.91. The van der Waals surface area contributed by atoms with Gasteiger partial charge in [-0.25, -0.2) is 4.98 Å². The van der Waals surface area contributed by atoms with E-state index in [1.54, 1.807) is 6.20 Å². The van der Waals surface area contributed by atoms with Crippen LogP contribution >= 0.6 is 11.6 Å². The van der Waals surface area contributed by atoms with Crippen molar-refractivity contribution in [1.82, 2.24) is 9.97 Å². The lowest BCUT2D eigenvalue weighted by molar-refractivity contribution is 1.30. The number of nitrogens with one attached hydrogen (secondary N) is 1. The van der Waals surface area contributed by atoms with Crippen LogP contribution in [0.5, 0.6) is 0 Å². The van der Waals surface area contributed by atoms with Crippen LogP contribution in [-0.2, 0) is 0 Å². The molecule has 0 fully saturated rings. The van der Waals surface area contributed by atoms with E-state index in [4.69, 9.17) is 11.6 Å². The molecule has 0 aliphatic carbocycles. The van der Waals surface area contributed by atoms with Crippen LogP contribution in [0.4, 0.5) is 0 Å². The second kappa shape index (κ2) is 4.20. The quantitative estimate of drug-likeness (QED) is 0.674. The number of aryl methyl sites for hydroxylation is 1. The average Bonchev–Trinajstić information content (AvgIpc) is 2.64. The highest BCUT2D eigenvalue weighted by atomic mass is 35.5. The summed E-state index contributed by atoms with van der Waals surface area (Å²) in [5.74, 6) is 5.97. The van der Waals surface area contributed by atoms with Crippen molar-refractivity contribution in [1.29, 1.82) is 0 Å². The molecular weight excluding hydrogens is 208 g/mol. The standard InChI is InChI=1S/C12H9ClN2/c1-9-2-4-10(5-3-9)6-7-11-8-14-12(13)15-11/h2-5,8H,1H3,(H,14,15). The second-order valence-electron chi connectivity index (χ2n) is 3.20. The molecule has 0 atom stereocenters. The molecule has 0 amide bonds. The Morgan fingerprint density at radius 3 is 2.53 bits per heavy atom. The molecule has 0 radical (unpaired) electrons. The summed E-state index contributed by atoms with van der Waals surface area (Å²) < 4.78 is 0. The third kappa shape index (κ3) is 2.61. The molecule has 0 unspecified atom stereocenters. The molecule has 0 spiro atoms. The topological polar surface area (TPSA) is 28.7 Å². The molecule has 15 heavy (non-hydrogen) atoms. The Morgan fingerprint density at radius 2 is 1.93 bits per heavy atom. The first-order valence-electron chi connectivity index (χ1n) is 4.53. The smallest absolute Gasteiger partial charge is 0.200 e. The van der Waals surface area contributed by atoms with Crippen molar-refractivity contribution in [2.75, 3.05) is 0 Å². The molecule has 74 valence electrons. The normalized spacial score (nSPS) is 9.47. The van der Waals surface area contributed by atoms with Gasteiger partial charge in [0.05, 0.1) is 6.20 Å². The highest BCUT2D eigenvalue weighted by Gasteiger charge is 1.92. The molecular formula is C12H9ClN2. The summed E-state index contributed by atoms with van der Waals surface area (Å²) in [6, 6.07) is 8.04. The highest BCUT2D eigenvalue weighted by molar-refractivity contribution is 6.28. The summed E-state index contributed by atoms with van der Waals surface area (Å²) in [6.45, 7) is 2.05. The van der Waals surface area contributed by atoms with Gasteiger partial charge in [-0.1, -0.05) is 23.6 Å². The molecule has 1 N–H and O–H groups in total. The summed E-state index contributed by atoms with van der Waals surface area (Å²) in [6.07, 6.45) is 1.61. The third-order valence-corrected chi connectivity index (χ3v) is 2.13. The van der Waals surface area contributed by atoms with Gasteiger partial charge in [0.2, 0.25) is 5.28 Å². The lowest BCUT2D eigenvalue weighted by Crippen LogP contribution is -1.76. The summed E-state index contributed by atoms with van der Waals surface area (Å²) in [5, 5.41) is 0.364. The fourth-order valence-corrected chi connectivity index (χ4v) is 1.29. The van der Waals surface area contributed by atoms with Gasteiger partial charge in [-0.05, 0) is 36.6 Å². The number of aromatic nitrogens is 2. The van der Waals surface area contributed by atoms with E-state index >= 15 is 0 Å². The van der Waals surface area contributed by atoms with Gasteiger partial charge in [-0.3, -0.25) is 0 Å². The van der Waals surface area contributed by atoms with E-state index in [1.807, 2.05) is 31.2 Å². The number of halogens is 1. The lowest BCUT2D eigenvalue weighted by atomic mass is 10.1. The third-order valence-electron chi connectivity index (χ3n) is 1.94. The van der Waals surface area contributed by atoms with Crippen LogP contribution in [0.3, 0.4) is 0 Å². The van der Waals surface area contributed by atoms with Crippen LogP contribution in [0.25, 0.3) is 0 Å². The largest absolute Gasteiger partial charge is 0.322 e. The minimum Gasteiger partial charge on any atom is -0.322 e. The van der Waals surface area contributed by atoms with E-state index in [9.17, 15) is 0 Å². The molecule has 2 nitrogen and oxygen atoms in total. The molecule has 2 rings (SSSR count). The van der Waals surface area contributed by atoms with Gasteiger partial charge in [0.15, 0.2) is 0 Å². The van der Waals surface area contributed by atoms with E-state index in [1.165, 1.54) is 5.56 Å². The number of nitrogens with zero attached hydrogens (tertiary/aromatic N) is 1. The number of rotatable bonds is 0. The maximum absolute atomic E-state index is 5.63. The molecule has 3 heteroatoms. The summed E-state index contributed by atoms with van der Waals surface area (Å²) >= 11 is 5.63. The molecule has 0 saturated carbocycles. The molecule has 2 aromatic rings. The van der Waals surface area contributed by atoms with Crippen molar-refractivity contribution in [2.24, 2.45) is 0 Å². The van der Waals surface area contributed by atoms with E-state index in [0.717, 1.165) is 11.3 Å². The van der Waals surface area contributed by atoms with Gasteiger partial charge in [0.25, 0.3) is 0 Å². The van der Waals surface area contributed by atoms with Crippen molar-refractivity contribution in [3.05, 3.63) is 52.6 Å². The zero-order valence-electron chi connectivity index (χ0n) is 8.21. The van der Waals surface area contributed by atoms with Crippen LogP contribution in [0.2, 0.25) is 5.28 Å². The SMILES string of the molecule is Cc1ccc(C#Cc2cnc(Cl)[nH]2)cc1. The van der Waals surface area contributed by atoms with Crippen LogP contribution in [0, 0.1) is 18.8 Å². The predicted octanol–water partition coefficient (Wildman–Crippen LogP) is 2.77. The number of imidazole rings is 1. The molecule has 1 aromatic carbocycles. The first-order chi connectivity index (χ1) is 7.24. The van der Waals surface area contributed by atoms with E-state index in [-0.39, 0.29) is 0 Å². The van der Waals surface area contributed by atoms with Crippen LogP contribution < -0.4 is 0 Å². The average molecular weight is 217 g/mol. The van der Waals surface area contributed by atoms with Crippen molar-refractivity contribution in [2.45, 2.75) is 6.92 Å². The van der Waals surface area contributed by atoms with Gasteiger partial charge in [0, 0.05) is 5.56 Å². The number of aromatic amines is 1. The number of H-pyrrole nitrogens is 1. The monoisotopic (exact) mass is 216 g/mol. The predicted molar refractivity (Wildman–Crippen MR) is 60.8 cm³/mol. The number of hydrogen-bond donors (Lipinski definition) is 1. The van der Waals surface area contributed by atoms with Gasteiger partial charge >= 0.3 is 0 Å². The molecule has 1 aromatic heterocycles. The molecule has 1 heterocycles. The van der Waals surface area contributed by atoms with Crippen LogP contribution in [-0.4, -0.2) is 9.97 Å². The molecule has 0 aliphatic heterocycles. The van der Waals surface area contributed by atoms with Gasteiger partial charge in [0.1, 0.15) is 5.69 Å². The minimum absolute atomic E-state index is 0.364. The van der Waals surface area contributed by atoms with Gasteiger partial charge in [-0.2, -0.15) is 0 Å². The fourth-order valence-electron chi connectivity index (χ4n) is 1.14. The molecule has 0 bridgehead atoms. The van der Waals surface area contributed by atoms with E-state index in [0.29, 0.717) is 5.28 Å². The Kier molecular flexibility index (Phi) is 2.75. The Morgan fingerprint density at radius 1 is 1.20 bits per heavy atom. The van der Waals surface area contributed by atoms with Crippen molar-refractivity contribution >= 4 is 11.6 Å². The Bertz CT molecular complexity index is 515. The van der Waals surface area contributed by atoms with Crippen LogP contribution in [0.15, 0.2) is 30.5 Å². The van der Waals surface area contributed by atoms with E-state index in [2.05, 4.69) is 21.8 Å². The summed E-state index contributed by atoms with van der Waals surface area (Å²) in [4.78, 5) is 6.69. The Balaban J connectivity index is 2.22. The maximum Gasteiger partial charge on any atom is 0.200 e. The summed E-state index contributed by atoms with van der Waals surface area (Å²) in [7, 11) is 0. The first kappa shape index (κ1) is 9.82. The number of hydrogen-bond acceptors (Lipinski definition) is 1. The molecule has 0 aliphatic rings. The zero-order valence-corrected chi connectivity index (χ0v) is 8.97. The number of benzene rings is 1. The van der Waals surface area contributed by atoms with Crippen molar-refractivity contribution in [3.63, 3.8) is 0 Å².